The first kappa shape index (κ1) is 20.7. The van der Waals surface area contributed by atoms with Crippen LogP contribution in [0.1, 0.15) is 32.6 Å². The normalized spacial score (nSPS) is 20.9. The van der Waals surface area contributed by atoms with Gasteiger partial charge in [0.05, 0.1) is 18.9 Å². The molecule has 6 nitrogen and oxygen atoms in total. The Hall–Kier alpha value is -2.37. The molecule has 0 unspecified atom stereocenters. The second-order valence-electron chi connectivity index (χ2n) is 5.64. The molecule has 0 radical (unpaired) electrons. The van der Waals surface area contributed by atoms with Gasteiger partial charge in [0.25, 0.3) is 0 Å². The summed E-state index contributed by atoms with van der Waals surface area (Å²) < 4.78 is 14.8. The van der Waals surface area contributed by atoms with Crippen molar-refractivity contribution >= 4 is 17.9 Å². The zero-order chi connectivity index (χ0) is 18.5. The van der Waals surface area contributed by atoms with E-state index in [0.29, 0.717) is 12.8 Å². The van der Waals surface area contributed by atoms with E-state index < -0.39 is 23.8 Å². The number of ether oxygens (including phenoxy) is 3. The predicted octanol–water partition coefficient (Wildman–Crippen LogP) is 2.74. The fourth-order valence-corrected chi connectivity index (χ4v) is 2.63. The van der Waals surface area contributed by atoms with Crippen LogP contribution in [0.5, 0.6) is 0 Å². The number of carbonyl (C=O) groups excluding carboxylic acids is 3. The van der Waals surface area contributed by atoms with Crippen molar-refractivity contribution in [3.05, 3.63) is 36.5 Å². The molecule has 1 aliphatic carbocycles. The standard InChI is InChI=1S/C19H26O6/c1-3-4-5-8-13-24-18(21)15-10-6-7-11-16(15)19(22)25-14-9-12-17(20)23-2/h3-5,8-9,12,15-16H,6-7,10-11,13-14H2,1-2H3/b4-3+,8-5+,12-9+/t15-,16+/m0/s1. The molecule has 2 atom stereocenters. The molecule has 1 aliphatic rings. The predicted molar refractivity (Wildman–Crippen MR) is 92.5 cm³/mol. The van der Waals surface area contributed by atoms with E-state index in [4.69, 9.17) is 9.47 Å². The van der Waals surface area contributed by atoms with Gasteiger partial charge in [-0.3, -0.25) is 9.59 Å². The summed E-state index contributed by atoms with van der Waals surface area (Å²) in [4.78, 5) is 35.4. The number of methoxy groups -OCH3 is 1. The van der Waals surface area contributed by atoms with Crippen molar-refractivity contribution in [2.45, 2.75) is 32.6 Å². The molecule has 0 aliphatic heterocycles. The lowest BCUT2D eigenvalue weighted by molar-refractivity contribution is -0.161. The Morgan fingerprint density at radius 1 is 0.920 bits per heavy atom. The maximum absolute atomic E-state index is 12.2. The molecule has 1 rings (SSSR count). The molecular weight excluding hydrogens is 324 g/mol. The Kier molecular flexibility index (Phi) is 9.97. The number of hydrogen-bond donors (Lipinski definition) is 0. The third kappa shape index (κ3) is 7.83. The van der Waals surface area contributed by atoms with E-state index in [1.54, 1.807) is 12.2 Å². The summed E-state index contributed by atoms with van der Waals surface area (Å²) >= 11 is 0. The van der Waals surface area contributed by atoms with Gasteiger partial charge in [-0.05, 0) is 31.9 Å². The Morgan fingerprint density at radius 3 is 2.00 bits per heavy atom. The highest BCUT2D eigenvalue weighted by Crippen LogP contribution is 2.32. The van der Waals surface area contributed by atoms with Crippen LogP contribution in [0.4, 0.5) is 0 Å². The number of rotatable bonds is 8. The average Bonchev–Trinajstić information content (AvgIpc) is 2.64. The van der Waals surface area contributed by atoms with Crippen LogP contribution in [0, 0.1) is 11.8 Å². The minimum atomic E-state index is -0.513. The van der Waals surface area contributed by atoms with Gasteiger partial charge in [0.1, 0.15) is 13.2 Å². The number of carbonyl (C=O) groups is 3. The average molecular weight is 350 g/mol. The summed E-state index contributed by atoms with van der Waals surface area (Å²) in [6, 6.07) is 0. The second-order valence-corrected chi connectivity index (χ2v) is 5.64. The van der Waals surface area contributed by atoms with Gasteiger partial charge >= 0.3 is 17.9 Å². The summed E-state index contributed by atoms with van der Waals surface area (Å²) in [7, 11) is 1.27. The van der Waals surface area contributed by atoms with Gasteiger partial charge in [-0.1, -0.05) is 31.1 Å². The van der Waals surface area contributed by atoms with E-state index in [2.05, 4.69) is 4.74 Å². The van der Waals surface area contributed by atoms with Crippen LogP contribution >= 0.6 is 0 Å². The monoisotopic (exact) mass is 350 g/mol. The molecule has 0 heterocycles. The summed E-state index contributed by atoms with van der Waals surface area (Å²) in [5.74, 6) is -2.27. The highest BCUT2D eigenvalue weighted by Gasteiger charge is 2.37. The minimum Gasteiger partial charge on any atom is -0.466 e. The van der Waals surface area contributed by atoms with Crippen molar-refractivity contribution in [3.8, 4) is 0 Å². The third-order valence-corrected chi connectivity index (χ3v) is 3.91. The van der Waals surface area contributed by atoms with Crippen LogP contribution in [0.25, 0.3) is 0 Å². The van der Waals surface area contributed by atoms with Crippen molar-refractivity contribution in [1.82, 2.24) is 0 Å². The molecule has 6 heteroatoms. The van der Waals surface area contributed by atoms with Crippen molar-refractivity contribution in [3.63, 3.8) is 0 Å². The van der Waals surface area contributed by atoms with E-state index in [1.807, 2.05) is 19.1 Å². The molecule has 0 saturated heterocycles. The van der Waals surface area contributed by atoms with Crippen molar-refractivity contribution in [1.29, 1.82) is 0 Å². The van der Waals surface area contributed by atoms with Crippen LogP contribution in [0.15, 0.2) is 36.5 Å². The van der Waals surface area contributed by atoms with Gasteiger partial charge in [-0.15, -0.1) is 0 Å². The van der Waals surface area contributed by atoms with Crippen molar-refractivity contribution < 1.29 is 28.6 Å². The largest absolute Gasteiger partial charge is 0.466 e. The minimum absolute atomic E-state index is 0.0295. The smallest absolute Gasteiger partial charge is 0.330 e. The van der Waals surface area contributed by atoms with E-state index in [-0.39, 0.29) is 19.2 Å². The molecule has 0 N–H and O–H groups in total. The van der Waals surface area contributed by atoms with E-state index >= 15 is 0 Å². The Balaban J connectivity index is 2.51. The van der Waals surface area contributed by atoms with Crippen molar-refractivity contribution in [2.75, 3.05) is 20.3 Å². The quantitative estimate of drug-likeness (QED) is 0.290. The van der Waals surface area contributed by atoms with Crippen molar-refractivity contribution in [2.24, 2.45) is 11.8 Å². The molecule has 0 aromatic heterocycles. The Labute approximate surface area is 148 Å². The van der Waals surface area contributed by atoms with E-state index in [9.17, 15) is 14.4 Å². The van der Waals surface area contributed by atoms with Crippen LogP contribution in [-0.4, -0.2) is 38.2 Å². The van der Waals surface area contributed by atoms with Gasteiger partial charge < -0.3 is 14.2 Å². The van der Waals surface area contributed by atoms with Crippen LogP contribution in [-0.2, 0) is 28.6 Å². The first-order valence-electron chi connectivity index (χ1n) is 8.45. The summed E-state index contributed by atoms with van der Waals surface area (Å²) in [6.07, 6.45) is 12.9. The molecule has 1 fully saturated rings. The lowest BCUT2D eigenvalue weighted by Crippen LogP contribution is -2.35. The van der Waals surface area contributed by atoms with Gasteiger partial charge in [0, 0.05) is 6.08 Å². The SMILES string of the molecule is C/C=C/C=C/COC(=O)[C@H]1CCCC[C@H]1C(=O)OC/C=C/C(=O)OC. The molecule has 25 heavy (non-hydrogen) atoms. The fraction of sp³-hybridized carbons (Fsp3) is 0.526. The summed E-state index contributed by atoms with van der Waals surface area (Å²) in [5, 5.41) is 0. The van der Waals surface area contributed by atoms with Gasteiger partial charge in [0.15, 0.2) is 0 Å². The lowest BCUT2D eigenvalue weighted by Gasteiger charge is -2.27. The van der Waals surface area contributed by atoms with Gasteiger partial charge in [-0.25, -0.2) is 4.79 Å². The number of esters is 3. The zero-order valence-electron chi connectivity index (χ0n) is 14.8. The molecular formula is C19H26O6. The molecule has 0 aromatic rings. The van der Waals surface area contributed by atoms with Crippen LogP contribution in [0.2, 0.25) is 0 Å². The van der Waals surface area contributed by atoms with Crippen LogP contribution in [0.3, 0.4) is 0 Å². The third-order valence-electron chi connectivity index (χ3n) is 3.91. The number of allylic oxidation sites excluding steroid dienone is 3. The first-order valence-corrected chi connectivity index (χ1v) is 8.45. The van der Waals surface area contributed by atoms with E-state index in [1.165, 1.54) is 19.3 Å². The highest BCUT2D eigenvalue weighted by molar-refractivity contribution is 5.83. The Bertz CT molecular complexity index is 532. The number of hydrogen-bond acceptors (Lipinski definition) is 6. The maximum Gasteiger partial charge on any atom is 0.330 e. The van der Waals surface area contributed by atoms with E-state index in [0.717, 1.165) is 12.8 Å². The fourth-order valence-electron chi connectivity index (χ4n) is 2.63. The zero-order valence-corrected chi connectivity index (χ0v) is 14.8. The summed E-state index contributed by atoms with van der Waals surface area (Å²) in [6.45, 7) is 2.05. The molecule has 1 saturated carbocycles. The lowest BCUT2D eigenvalue weighted by atomic mass is 9.79. The maximum atomic E-state index is 12.2. The molecule has 138 valence electrons. The first-order chi connectivity index (χ1) is 12.1. The van der Waals surface area contributed by atoms with Crippen LogP contribution < -0.4 is 0 Å². The molecule has 0 amide bonds. The summed E-state index contributed by atoms with van der Waals surface area (Å²) in [5.41, 5.74) is 0. The van der Waals surface area contributed by atoms with Gasteiger partial charge in [-0.2, -0.15) is 0 Å². The topological polar surface area (TPSA) is 78.9 Å². The van der Waals surface area contributed by atoms with Gasteiger partial charge in [0.2, 0.25) is 0 Å². The highest BCUT2D eigenvalue weighted by atomic mass is 16.5. The molecule has 0 bridgehead atoms. The Morgan fingerprint density at radius 2 is 1.48 bits per heavy atom. The molecule has 0 spiro atoms. The molecule has 0 aromatic carbocycles. The second kappa shape index (κ2) is 12.1.